The number of carbonyl (C=O) groups is 2. The van der Waals surface area contributed by atoms with Crippen molar-refractivity contribution in [3.63, 3.8) is 0 Å². The third-order valence-electron chi connectivity index (χ3n) is 7.26. The van der Waals surface area contributed by atoms with Crippen molar-refractivity contribution in [2.45, 2.75) is 62.6 Å². The van der Waals surface area contributed by atoms with Gasteiger partial charge >= 0.3 is 0 Å². The van der Waals surface area contributed by atoms with Crippen molar-refractivity contribution in [3.05, 3.63) is 92.4 Å². The van der Waals surface area contributed by atoms with Crippen LogP contribution in [-0.4, -0.2) is 43.8 Å². The molecule has 0 saturated heterocycles. The molecule has 0 radical (unpaired) electrons. The fourth-order valence-electron chi connectivity index (χ4n) is 4.87. The first kappa shape index (κ1) is 32.4. The summed E-state index contributed by atoms with van der Waals surface area (Å²) in [6, 6.07) is 16.1. The third kappa shape index (κ3) is 7.91. The van der Waals surface area contributed by atoms with Gasteiger partial charge in [-0.15, -0.1) is 0 Å². The van der Waals surface area contributed by atoms with Crippen LogP contribution in [0.3, 0.4) is 0 Å². The molecule has 0 heterocycles. The topological polar surface area (TPSA) is 86.8 Å². The van der Waals surface area contributed by atoms with Gasteiger partial charge in [0.05, 0.1) is 30.7 Å². The van der Waals surface area contributed by atoms with E-state index in [-0.39, 0.29) is 39.1 Å². The third-order valence-corrected chi connectivity index (χ3v) is 10.5. The minimum Gasteiger partial charge on any atom is -0.352 e. The highest BCUT2D eigenvalue weighted by atomic mass is 35.5. The molecule has 0 spiro atoms. The molecule has 0 bridgehead atoms. The van der Waals surface area contributed by atoms with Crippen LogP contribution in [0.2, 0.25) is 20.1 Å². The molecule has 1 aliphatic rings. The zero-order valence-electron chi connectivity index (χ0n) is 22.9. The number of carbonyl (C=O) groups excluding carboxylic acids is 2. The number of nitrogens with zero attached hydrogens (tertiary/aromatic N) is 2. The highest BCUT2D eigenvalue weighted by Crippen LogP contribution is 2.31. The normalized spacial score (nSPS) is 14.7. The van der Waals surface area contributed by atoms with Gasteiger partial charge in [-0.1, -0.05) is 89.9 Å². The molecule has 1 fully saturated rings. The molecular formula is C30H31Cl4N3O4S. The van der Waals surface area contributed by atoms with Crippen LogP contribution in [0.4, 0.5) is 5.69 Å². The largest absolute Gasteiger partial charge is 0.352 e. The lowest BCUT2D eigenvalue weighted by Crippen LogP contribution is -2.53. The van der Waals surface area contributed by atoms with Crippen LogP contribution in [0.15, 0.2) is 71.6 Å². The van der Waals surface area contributed by atoms with E-state index >= 15 is 0 Å². The minimum atomic E-state index is -4.22. The number of rotatable bonds is 10. The van der Waals surface area contributed by atoms with Crippen LogP contribution in [0, 0.1) is 0 Å². The van der Waals surface area contributed by atoms with Gasteiger partial charge < -0.3 is 10.2 Å². The highest BCUT2D eigenvalue weighted by molar-refractivity contribution is 7.92. The Morgan fingerprint density at radius 2 is 1.48 bits per heavy atom. The molecular weight excluding hydrogens is 640 g/mol. The van der Waals surface area contributed by atoms with Crippen molar-refractivity contribution in [2.24, 2.45) is 0 Å². The van der Waals surface area contributed by atoms with Gasteiger partial charge in [-0.05, 0) is 67.8 Å². The van der Waals surface area contributed by atoms with E-state index in [0.717, 1.165) is 36.4 Å². The summed E-state index contributed by atoms with van der Waals surface area (Å²) in [6.45, 7) is 1.02. The maximum atomic E-state index is 14.1. The van der Waals surface area contributed by atoms with Crippen molar-refractivity contribution in [1.82, 2.24) is 10.2 Å². The summed E-state index contributed by atoms with van der Waals surface area (Å²) in [5, 5.41) is 4.08. The Balaban J connectivity index is 1.70. The average Bonchev–Trinajstić information content (AvgIpc) is 2.98. The van der Waals surface area contributed by atoms with Gasteiger partial charge in [0, 0.05) is 12.6 Å². The Morgan fingerprint density at radius 1 is 0.857 bits per heavy atom. The summed E-state index contributed by atoms with van der Waals surface area (Å²) in [6.07, 6.45) is 4.94. The van der Waals surface area contributed by atoms with Crippen LogP contribution >= 0.6 is 46.4 Å². The highest BCUT2D eigenvalue weighted by Gasteiger charge is 2.33. The zero-order valence-corrected chi connectivity index (χ0v) is 26.7. The first-order chi connectivity index (χ1) is 20.0. The minimum absolute atomic E-state index is 0.00439. The number of benzene rings is 3. The molecule has 0 aromatic heterocycles. The maximum Gasteiger partial charge on any atom is 0.264 e. The average molecular weight is 671 g/mol. The number of amides is 2. The van der Waals surface area contributed by atoms with Gasteiger partial charge in [-0.25, -0.2) is 8.42 Å². The van der Waals surface area contributed by atoms with Crippen LogP contribution in [0.5, 0.6) is 0 Å². The molecule has 12 heteroatoms. The Bertz CT molecular complexity index is 1530. The predicted octanol–water partition coefficient (Wildman–Crippen LogP) is 7.36. The lowest BCUT2D eigenvalue weighted by molar-refractivity contribution is -0.139. The van der Waals surface area contributed by atoms with Gasteiger partial charge in [0.1, 0.15) is 12.6 Å². The van der Waals surface area contributed by atoms with Crippen molar-refractivity contribution in [3.8, 4) is 0 Å². The summed E-state index contributed by atoms with van der Waals surface area (Å²) in [5.74, 6) is -0.916. The van der Waals surface area contributed by atoms with E-state index in [1.165, 1.54) is 35.2 Å². The summed E-state index contributed by atoms with van der Waals surface area (Å²) >= 11 is 24.7. The fraction of sp³-hybridized carbons (Fsp3) is 0.333. The van der Waals surface area contributed by atoms with Gasteiger partial charge in [0.25, 0.3) is 10.0 Å². The van der Waals surface area contributed by atoms with E-state index in [9.17, 15) is 18.0 Å². The predicted molar refractivity (Wildman–Crippen MR) is 169 cm³/mol. The molecule has 1 unspecified atom stereocenters. The quantitative estimate of drug-likeness (QED) is 0.244. The Hall–Kier alpha value is -2.49. The van der Waals surface area contributed by atoms with E-state index in [0.29, 0.717) is 15.6 Å². The molecule has 3 aromatic rings. The SMILES string of the molecule is CC(C(=O)NC1CCCCC1)N(Cc1ccc(Cl)c(Cl)c1)C(=O)CN(c1ccc(Cl)c(Cl)c1)S(=O)(=O)c1ccccc1. The summed E-state index contributed by atoms with van der Waals surface area (Å²) in [7, 11) is -4.22. The van der Waals surface area contributed by atoms with E-state index in [4.69, 9.17) is 46.4 Å². The zero-order chi connectivity index (χ0) is 30.4. The van der Waals surface area contributed by atoms with E-state index in [1.54, 1.807) is 43.3 Å². The van der Waals surface area contributed by atoms with Gasteiger partial charge in [-0.2, -0.15) is 0 Å². The molecule has 42 heavy (non-hydrogen) atoms. The van der Waals surface area contributed by atoms with Crippen molar-refractivity contribution >= 4 is 73.9 Å². The number of halogens is 4. The summed E-state index contributed by atoms with van der Waals surface area (Å²) in [4.78, 5) is 28.8. The second kappa shape index (κ2) is 14.3. The van der Waals surface area contributed by atoms with Crippen LogP contribution in [-0.2, 0) is 26.2 Å². The van der Waals surface area contributed by atoms with Crippen LogP contribution < -0.4 is 9.62 Å². The molecule has 3 aromatic carbocycles. The van der Waals surface area contributed by atoms with E-state index in [1.807, 2.05) is 0 Å². The Morgan fingerprint density at radius 3 is 2.10 bits per heavy atom. The smallest absolute Gasteiger partial charge is 0.264 e. The molecule has 4 rings (SSSR count). The molecule has 2 amide bonds. The second-order valence-corrected chi connectivity index (χ2v) is 13.7. The van der Waals surface area contributed by atoms with Gasteiger partial charge in [-0.3, -0.25) is 13.9 Å². The molecule has 1 atom stereocenters. The lowest BCUT2D eigenvalue weighted by atomic mass is 9.95. The summed E-state index contributed by atoms with van der Waals surface area (Å²) in [5.41, 5.74) is 0.775. The lowest BCUT2D eigenvalue weighted by Gasteiger charge is -2.33. The van der Waals surface area contributed by atoms with E-state index in [2.05, 4.69) is 5.32 Å². The number of nitrogens with one attached hydrogen (secondary N) is 1. The summed E-state index contributed by atoms with van der Waals surface area (Å²) < 4.78 is 28.7. The molecule has 224 valence electrons. The van der Waals surface area contributed by atoms with Gasteiger partial charge in [0.15, 0.2) is 0 Å². The van der Waals surface area contributed by atoms with Crippen molar-refractivity contribution < 1.29 is 18.0 Å². The second-order valence-electron chi connectivity index (χ2n) is 10.2. The first-order valence-electron chi connectivity index (χ1n) is 13.5. The number of hydrogen-bond acceptors (Lipinski definition) is 4. The Kier molecular flexibility index (Phi) is 11.1. The molecule has 7 nitrogen and oxygen atoms in total. The molecule has 0 aliphatic heterocycles. The number of anilines is 1. The van der Waals surface area contributed by atoms with Gasteiger partial charge in [0.2, 0.25) is 11.8 Å². The van der Waals surface area contributed by atoms with Crippen LogP contribution in [0.1, 0.15) is 44.6 Å². The fourth-order valence-corrected chi connectivity index (χ4v) is 6.91. The van der Waals surface area contributed by atoms with Crippen molar-refractivity contribution in [2.75, 3.05) is 10.8 Å². The number of hydrogen-bond donors (Lipinski definition) is 1. The van der Waals surface area contributed by atoms with E-state index < -0.39 is 28.5 Å². The monoisotopic (exact) mass is 669 g/mol. The maximum absolute atomic E-state index is 14.1. The molecule has 1 N–H and O–H groups in total. The first-order valence-corrected chi connectivity index (χ1v) is 16.5. The van der Waals surface area contributed by atoms with Crippen molar-refractivity contribution in [1.29, 1.82) is 0 Å². The molecule has 1 aliphatic carbocycles. The number of sulfonamides is 1. The molecule has 1 saturated carbocycles. The Labute approximate surface area is 266 Å². The standard InChI is InChI=1S/C30H31Cl4N3O4S/c1-20(30(39)35-22-8-4-2-5-9-22)36(18-21-12-14-25(31)27(33)16-21)29(38)19-37(23-13-15-26(32)28(34)17-23)42(40,41)24-10-6-3-7-11-24/h3,6-7,10-17,20,22H,2,4-5,8-9,18-19H2,1H3,(H,35,39). The van der Waals surface area contributed by atoms with Crippen LogP contribution in [0.25, 0.3) is 0 Å².